The average molecular weight is 153 g/mol. The van der Waals surface area contributed by atoms with E-state index < -0.39 is 0 Å². The van der Waals surface area contributed by atoms with E-state index in [0.29, 0.717) is 6.42 Å². The van der Waals surface area contributed by atoms with Crippen LogP contribution in [0, 0.1) is 5.41 Å². The van der Waals surface area contributed by atoms with Crippen molar-refractivity contribution < 1.29 is 4.79 Å². The molecule has 2 N–H and O–H groups in total. The van der Waals surface area contributed by atoms with E-state index in [2.05, 4.69) is 13.8 Å². The average Bonchev–Trinajstić information content (AvgIpc) is 1.95. The van der Waals surface area contributed by atoms with E-state index in [9.17, 15) is 4.79 Å². The Morgan fingerprint density at radius 1 is 1.45 bits per heavy atom. The number of carbonyl (C=O) groups is 1. The zero-order chi connectivity index (χ0) is 8.65. The zero-order valence-corrected chi connectivity index (χ0v) is 7.40. The summed E-state index contributed by atoms with van der Waals surface area (Å²) in [5.74, 6) is 0.210. The van der Waals surface area contributed by atoms with Gasteiger partial charge in [-0.2, -0.15) is 0 Å². The third kappa shape index (κ3) is 1.30. The first-order valence-corrected chi connectivity index (χ1v) is 3.95. The maximum absolute atomic E-state index is 11.2. The molecule has 2 nitrogen and oxygen atoms in total. The molecule has 62 valence electrons. The van der Waals surface area contributed by atoms with Gasteiger partial charge in [0.2, 0.25) is 0 Å². The van der Waals surface area contributed by atoms with Crippen LogP contribution in [0.1, 0.15) is 33.6 Å². The van der Waals surface area contributed by atoms with Gasteiger partial charge in [-0.05, 0) is 13.3 Å². The second-order valence-electron chi connectivity index (χ2n) is 3.85. The van der Waals surface area contributed by atoms with Gasteiger partial charge in [0.15, 0.2) is 5.78 Å². The molecule has 0 bridgehead atoms. The highest BCUT2D eigenvalue weighted by atomic mass is 16.1. The SMILES string of the molecule is CC1=C(N)C(C)(C)CCC1=O. The summed E-state index contributed by atoms with van der Waals surface area (Å²) in [5.41, 5.74) is 7.37. The van der Waals surface area contributed by atoms with Gasteiger partial charge in [0.1, 0.15) is 0 Å². The molecule has 0 aromatic carbocycles. The van der Waals surface area contributed by atoms with Crippen LogP contribution in [0.5, 0.6) is 0 Å². The first kappa shape index (κ1) is 8.31. The van der Waals surface area contributed by atoms with Crippen molar-refractivity contribution >= 4 is 5.78 Å². The van der Waals surface area contributed by atoms with Crippen molar-refractivity contribution in [3.63, 3.8) is 0 Å². The third-order valence-corrected chi connectivity index (χ3v) is 2.53. The van der Waals surface area contributed by atoms with Crippen LogP contribution in [-0.4, -0.2) is 5.78 Å². The monoisotopic (exact) mass is 153 g/mol. The van der Waals surface area contributed by atoms with Crippen molar-refractivity contribution in [1.29, 1.82) is 0 Å². The molecule has 0 saturated carbocycles. The molecule has 0 amide bonds. The van der Waals surface area contributed by atoms with E-state index in [4.69, 9.17) is 5.73 Å². The number of ketones is 1. The van der Waals surface area contributed by atoms with E-state index in [-0.39, 0.29) is 11.2 Å². The summed E-state index contributed by atoms with van der Waals surface area (Å²) in [6, 6.07) is 0. The van der Waals surface area contributed by atoms with Crippen LogP contribution in [0.25, 0.3) is 0 Å². The minimum atomic E-state index is 0.0258. The van der Waals surface area contributed by atoms with Crippen LogP contribution < -0.4 is 5.73 Å². The molecule has 0 saturated heterocycles. The Hall–Kier alpha value is -0.790. The molecule has 1 aliphatic rings. The number of hydrogen-bond donors (Lipinski definition) is 1. The van der Waals surface area contributed by atoms with Crippen LogP contribution in [0.3, 0.4) is 0 Å². The molecular weight excluding hydrogens is 138 g/mol. The molecule has 1 aliphatic carbocycles. The Bertz CT molecular complexity index is 226. The summed E-state index contributed by atoms with van der Waals surface area (Å²) in [6.07, 6.45) is 1.54. The number of hydrogen-bond acceptors (Lipinski definition) is 2. The molecule has 0 spiro atoms. The number of rotatable bonds is 0. The zero-order valence-electron chi connectivity index (χ0n) is 7.40. The van der Waals surface area contributed by atoms with Crippen molar-refractivity contribution in [2.45, 2.75) is 33.6 Å². The van der Waals surface area contributed by atoms with Crippen molar-refractivity contribution in [2.75, 3.05) is 0 Å². The fraction of sp³-hybridized carbons (Fsp3) is 0.667. The van der Waals surface area contributed by atoms with Gasteiger partial charge in [0, 0.05) is 23.1 Å². The largest absolute Gasteiger partial charge is 0.401 e. The number of Topliss-reactive ketones (excluding diaryl/α,β-unsaturated/α-hetero) is 1. The first-order valence-electron chi connectivity index (χ1n) is 3.95. The summed E-state index contributed by atoms with van der Waals surface area (Å²) >= 11 is 0. The fourth-order valence-electron chi connectivity index (χ4n) is 1.41. The number of carbonyl (C=O) groups excluding carboxylic acids is 1. The Morgan fingerprint density at radius 2 is 2.00 bits per heavy atom. The Labute approximate surface area is 67.5 Å². The van der Waals surface area contributed by atoms with Gasteiger partial charge in [-0.15, -0.1) is 0 Å². The van der Waals surface area contributed by atoms with E-state index in [1.807, 2.05) is 6.92 Å². The molecule has 0 aromatic rings. The third-order valence-electron chi connectivity index (χ3n) is 2.53. The van der Waals surface area contributed by atoms with Gasteiger partial charge in [-0.3, -0.25) is 4.79 Å². The smallest absolute Gasteiger partial charge is 0.160 e. The maximum atomic E-state index is 11.2. The topological polar surface area (TPSA) is 43.1 Å². The Morgan fingerprint density at radius 3 is 2.45 bits per heavy atom. The molecule has 0 heterocycles. The minimum absolute atomic E-state index is 0.0258. The lowest BCUT2D eigenvalue weighted by Crippen LogP contribution is -2.29. The highest BCUT2D eigenvalue weighted by Crippen LogP contribution is 2.35. The van der Waals surface area contributed by atoms with Gasteiger partial charge < -0.3 is 5.73 Å². The number of nitrogens with two attached hydrogens (primary N) is 1. The van der Waals surface area contributed by atoms with E-state index in [1.165, 1.54) is 0 Å². The molecule has 0 radical (unpaired) electrons. The van der Waals surface area contributed by atoms with Crippen LogP contribution >= 0.6 is 0 Å². The highest BCUT2D eigenvalue weighted by molar-refractivity contribution is 5.96. The van der Waals surface area contributed by atoms with E-state index in [0.717, 1.165) is 17.7 Å². The maximum Gasteiger partial charge on any atom is 0.160 e. The quantitative estimate of drug-likeness (QED) is 0.574. The predicted molar refractivity (Wildman–Crippen MR) is 44.9 cm³/mol. The van der Waals surface area contributed by atoms with Crippen LogP contribution in [0.2, 0.25) is 0 Å². The summed E-state index contributed by atoms with van der Waals surface area (Å²) < 4.78 is 0. The van der Waals surface area contributed by atoms with Gasteiger partial charge in [0.05, 0.1) is 0 Å². The van der Waals surface area contributed by atoms with Gasteiger partial charge in [-0.25, -0.2) is 0 Å². The molecule has 2 heteroatoms. The van der Waals surface area contributed by atoms with Crippen molar-refractivity contribution in [2.24, 2.45) is 11.1 Å². The molecule has 0 aliphatic heterocycles. The second kappa shape index (κ2) is 2.36. The standard InChI is InChI=1S/C9H15NO/c1-6-7(11)4-5-9(2,3)8(6)10/h4-5,10H2,1-3H3. The van der Waals surface area contributed by atoms with E-state index in [1.54, 1.807) is 0 Å². The Kier molecular flexibility index (Phi) is 1.78. The Balaban J connectivity index is 3.07. The second-order valence-corrected chi connectivity index (χ2v) is 3.85. The summed E-state index contributed by atoms with van der Waals surface area (Å²) in [4.78, 5) is 11.2. The molecule has 11 heavy (non-hydrogen) atoms. The van der Waals surface area contributed by atoms with Crippen molar-refractivity contribution in [3.05, 3.63) is 11.3 Å². The molecule has 1 rings (SSSR count). The van der Waals surface area contributed by atoms with E-state index >= 15 is 0 Å². The van der Waals surface area contributed by atoms with Crippen LogP contribution in [-0.2, 0) is 4.79 Å². The first-order chi connectivity index (χ1) is 4.95. The molecule has 0 atom stereocenters. The normalized spacial score (nSPS) is 24.1. The van der Waals surface area contributed by atoms with Crippen molar-refractivity contribution in [3.8, 4) is 0 Å². The summed E-state index contributed by atoms with van der Waals surface area (Å²) in [7, 11) is 0. The summed E-state index contributed by atoms with van der Waals surface area (Å²) in [5, 5.41) is 0. The summed E-state index contributed by atoms with van der Waals surface area (Å²) in [6.45, 7) is 5.98. The predicted octanol–water partition coefficient (Wildman–Crippen LogP) is 1.61. The fourth-order valence-corrected chi connectivity index (χ4v) is 1.41. The molecule has 0 aromatic heterocycles. The van der Waals surface area contributed by atoms with Crippen LogP contribution in [0.4, 0.5) is 0 Å². The van der Waals surface area contributed by atoms with Gasteiger partial charge in [0.25, 0.3) is 0 Å². The molecular formula is C9H15NO. The highest BCUT2D eigenvalue weighted by Gasteiger charge is 2.30. The van der Waals surface area contributed by atoms with Gasteiger partial charge in [-0.1, -0.05) is 13.8 Å². The number of allylic oxidation sites excluding steroid dienone is 2. The molecule has 0 fully saturated rings. The lowest BCUT2D eigenvalue weighted by atomic mass is 9.76. The molecule has 0 unspecified atom stereocenters. The minimum Gasteiger partial charge on any atom is -0.401 e. The lowest BCUT2D eigenvalue weighted by molar-refractivity contribution is -0.116. The van der Waals surface area contributed by atoms with Gasteiger partial charge >= 0.3 is 0 Å². The van der Waals surface area contributed by atoms with Crippen LogP contribution in [0.15, 0.2) is 11.3 Å². The lowest BCUT2D eigenvalue weighted by Gasteiger charge is -2.30. The van der Waals surface area contributed by atoms with Crippen molar-refractivity contribution in [1.82, 2.24) is 0 Å².